The number of anilines is 1. The van der Waals surface area contributed by atoms with Crippen molar-refractivity contribution < 1.29 is 28.7 Å². The fourth-order valence-corrected chi connectivity index (χ4v) is 2.95. The fraction of sp³-hybridized carbons (Fsp3) is 0.500. The monoisotopic (exact) mass is 329 g/mol. The van der Waals surface area contributed by atoms with E-state index in [1.807, 2.05) is 0 Å². The van der Waals surface area contributed by atoms with Gasteiger partial charge >= 0.3 is 0 Å². The lowest BCUT2D eigenvalue weighted by Crippen LogP contribution is -2.31. The molecule has 1 saturated heterocycles. The van der Waals surface area contributed by atoms with Crippen molar-refractivity contribution in [2.75, 3.05) is 12.3 Å². The number of rotatable bonds is 4. The van der Waals surface area contributed by atoms with Crippen LogP contribution in [-0.4, -0.2) is 43.4 Å². The van der Waals surface area contributed by atoms with Crippen LogP contribution in [0.4, 0.5) is 5.82 Å². The smallest absolute Gasteiger partial charge is 0.167 e. The Balaban J connectivity index is 1.89. The number of phosphoric acid groups is 1. The maximum Gasteiger partial charge on any atom is 0.167 e. The van der Waals surface area contributed by atoms with E-state index >= 15 is 0 Å². The minimum Gasteiger partial charge on any atom is -0.790 e. The lowest BCUT2D eigenvalue weighted by Gasteiger charge is -2.32. The molecule has 3 rings (SSSR count). The molecule has 3 heterocycles. The Kier molecular flexibility index (Phi) is 3.85. The third-order valence-electron chi connectivity index (χ3n) is 3.32. The number of aliphatic hydroxyl groups is 1. The van der Waals surface area contributed by atoms with Gasteiger partial charge in [0, 0.05) is 6.42 Å². The first-order valence-corrected chi connectivity index (χ1v) is 7.75. The molecule has 0 aromatic carbocycles. The van der Waals surface area contributed by atoms with Crippen molar-refractivity contribution in [3.05, 3.63) is 12.7 Å². The Hall–Kier alpha value is -1.62. The molecule has 2 aromatic rings. The molecule has 0 saturated carbocycles. The van der Waals surface area contributed by atoms with E-state index in [1.165, 1.54) is 17.2 Å². The topological polar surface area (TPSA) is 172 Å². The highest BCUT2D eigenvalue weighted by Gasteiger charge is 2.38. The fourth-order valence-electron chi connectivity index (χ4n) is 2.39. The van der Waals surface area contributed by atoms with E-state index in [4.69, 9.17) is 10.5 Å². The van der Waals surface area contributed by atoms with Crippen molar-refractivity contribution in [1.29, 1.82) is 0 Å². The number of imidazole rings is 1. The quantitative estimate of drug-likeness (QED) is 0.592. The molecule has 120 valence electrons. The molecule has 12 heteroatoms. The minimum absolute atomic E-state index is 0.0368. The van der Waals surface area contributed by atoms with Crippen LogP contribution in [0.3, 0.4) is 0 Å². The van der Waals surface area contributed by atoms with Crippen LogP contribution in [0.1, 0.15) is 12.6 Å². The highest BCUT2D eigenvalue weighted by Crippen LogP contribution is 2.39. The Labute approximate surface area is 124 Å². The van der Waals surface area contributed by atoms with E-state index in [0.717, 1.165) is 0 Å². The zero-order chi connectivity index (χ0) is 15.9. The summed E-state index contributed by atoms with van der Waals surface area (Å²) in [5.41, 5.74) is 6.44. The van der Waals surface area contributed by atoms with E-state index in [0.29, 0.717) is 11.2 Å². The number of aliphatic hydroxyl groups excluding tert-OH is 1. The third-order valence-corrected chi connectivity index (χ3v) is 3.85. The SMILES string of the molecule is Nc1ncnc2c1ncn2[C@@H]1C[C@@H](OP(=O)([O-])[O-])[C@H](CO)O1. The molecule has 3 atom stereocenters. The molecular weight excluding hydrogens is 317 g/mol. The lowest BCUT2D eigenvalue weighted by molar-refractivity contribution is -0.345. The van der Waals surface area contributed by atoms with Crippen LogP contribution in [0.2, 0.25) is 0 Å². The average Bonchev–Trinajstić information content (AvgIpc) is 3.01. The van der Waals surface area contributed by atoms with Crippen LogP contribution < -0.4 is 15.5 Å². The van der Waals surface area contributed by atoms with Gasteiger partial charge in [0.15, 0.2) is 11.5 Å². The number of ether oxygens (including phenoxy) is 1. The molecule has 3 N–H and O–H groups in total. The van der Waals surface area contributed by atoms with Crippen LogP contribution in [-0.2, 0) is 13.8 Å². The van der Waals surface area contributed by atoms with Crippen molar-refractivity contribution in [3.63, 3.8) is 0 Å². The van der Waals surface area contributed by atoms with E-state index in [2.05, 4.69) is 19.5 Å². The van der Waals surface area contributed by atoms with Gasteiger partial charge in [-0.1, -0.05) is 0 Å². The summed E-state index contributed by atoms with van der Waals surface area (Å²) in [7, 11) is -5.19. The Morgan fingerprint density at radius 2 is 2.27 bits per heavy atom. The molecule has 0 spiro atoms. The first kappa shape index (κ1) is 15.3. The maximum absolute atomic E-state index is 10.8. The molecule has 0 aliphatic carbocycles. The third kappa shape index (κ3) is 2.82. The molecule has 22 heavy (non-hydrogen) atoms. The van der Waals surface area contributed by atoms with Gasteiger partial charge in [-0.15, -0.1) is 0 Å². The summed E-state index contributed by atoms with van der Waals surface area (Å²) in [6, 6.07) is 0. The van der Waals surface area contributed by atoms with Crippen LogP contribution in [0, 0.1) is 0 Å². The second-order valence-electron chi connectivity index (χ2n) is 4.72. The predicted molar refractivity (Wildman–Crippen MR) is 67.8 cm³/mol. The summed E-state index contributed by atoms with van der Waals surface area (Å²) in [5, 5.41) is 9.24. The average molecular weight is 329 g/mol. The first-order valence-electron chi connectivity index (χ1n) is 6.29. The van der Waals surface area contributed by atoms with Crippen LogP contribution >= 0.6 is 7.82 Å². The van der Waals surface area contributed by atoms with Gasteiger partial charge in [-0.05, 0) is 0 Å². The van der Waals surface area contributed by atoms with Crippen LogP contribution in [0.5, 0.6) is 0 Å². The van der Waals surface area contributed by atoms with Gasteiger partial charge in [-0.3, -0.25) is 4.57 Å². The number of nitrogen functional groups attached to an aromatic ring is 1. The zero-order valence-corrected chi connectivity index (χ0v) is 12.0. The number of aromatic nitrogens is 4. The number of hydrogen-bond acceptors (Lipinski definition) is 10. The summed E-state index contributed by atoms with van der Waals surface area (Å²) in [6.07, 6.45) is -0.0233. The van der Waals surface area contributed by atoms with Gasteiger partial charge < -0.3 is 34.5 Å². The number of phosphoric ester groups is 1. The predicted octanol–water partition coefficient (Wildman–Crippen LogP) is -2.10. The van der Waals surface area contributed by atoms with Crippen molar-refractivity contribution in [3.8, 4) is 0 Å². The van der Waals surface area contributed by atoms with Gasteiger partial charge in [-0.25, -0.2) is 15.0 Å². The minimum atomic E-state index is -5.19. The van der Waals surface area contributed by atoms with Crippen molar-refractivity contribution in [2.24, 2.45) is 0 Å². The highest BCUT2D eigenvalue weighted by molar-refractivity contribution is 7.43. The van der Waals surface area contributed by atoms with E-state index in [1.54, 1.807) is 0 Å². The molecule has 2 aromatic heterocycles. The van der Waals surface area contributed by atoms with Gasteiger partial charge in [0.1, 0.15) is 24.2 Å². The van der Waals surface area contributed by atoms with Gasteiger partial charge in [0.25, 0.3) is 0 Å². The first-order chi connectivity index (χ1) is 10.4. The molecular formula is C10H12N5O6P-2. The van der Waals surface area contributed by atoms with E-state index in [-0.39, 0.29) is 12.2 Å². The number of fused-ring (bicyclic) bond motifs is 1. The summed E-state index contributed by atoms with van der Waals surface area (Å²) in [6.45, 7) is -0.495. The molecule has 1 fully saturated rings. The largest absolute Gasteiger partial charge is 0.790 e. The second kappa shape index (κ2) is 5.54. The summed E-state index contributed by atoms with van der Waals surface area (Å²) < 4.78 is 22.2. The van der Waals surface area contributed by atoms with E-state index < -0.39 is 32.9 Å². The molecule has 11 nitrogen and oxygen atoms in total. The normalized spacial score (nSPS) is 25.9. The zero-order valence-electron chi connectivity index (χ0n) is 11.1. The van der Waals surface area contributed by atoms with Crippen molar-refractivity contribution in [1.82, 2.24) is 19.5 Å². The molecule has 0 amide bonds. The van der Waals surface area contributed by atoms with E-state index in [9.17, 15) is 19.5 Å². The van der Waals surface area contributed by atoms with Gasteiger partial charge in [-0.2, -0.15) is 0 Å². The van der Waals surface area contributed by atoms with Crippen molar-refractivity contribution in [2.45, 2.75) is 24.9 Å². The van der Waals surface area contributed by atoms with Crippen LogP contribution in [0.15, 0.2) is 12.7 Å². The lowest BCUT2D eigenvalue weighted by atomic mass is 10.2. The highest BCUT2D eigenvalue weighted by atomic mass is 31.2. The van der Waals surface area contributed by atoms with Crippen LogP contribution in [0.25, 0.3) is 11.2 Å². The number of nitrogens with two attached hydrogens (primary N) is 1. The van der Waals surface area contributed by atoms with Crippen molar-refractivity contribution >= 4 is 24.8 Å². The second-order valence-corrected chi connectivity index (χ2v) is 5.83. The molecule has 0 bridgehead atoms. The number of hydrogen-bond donors (Lipinski definition) is 2. The Morgan fingerprint density at radius 3 is 2.95 bits per heavy atom. The summed E-state index contributed by atoms with van der Waals surface area (Å²) >= 11 is 0. The van der Waals surface area contributed by atoms with Gasteiger partial charge in [0.2, 0.25) is 0 Å². The Morgan fingerprint density at radius 1 is 1.50 bits per heavy atom. The summed E-state index contributed by atoms with van der Waals surface area (Å²) in [4.78, 5) is 33.4. The van der Waals surface area contributed by atoms with Gasteiger partial charge in [0.05, 0.1) is 26.9 Å². The molecule has 1 aliphatic heterocycles. The maximum atomic E-state index is 10.8. The standard InChI is InChI=1S/C10H14N5O6P/c11-9-8-10(13-3-12-9)15(4-14-8)7-1-5(6(2-16)20-7)21-22(17,18)19/h3-7,16H,1-2H2,(H2,11,12,13)(H2,17,18,19)/p-2/t5-,6+,7+/m1/s1. The summed E-state index contributed by atoms with van der Waals surface area (Å²) in [5.74, 6) is 0.192. The molecule has 1 aliphatic rings. The number of nitrogens with zero attached hydrogens (tertiary/aromatic N) is 4. The molecule has 0 radical (unpaired) electrons. The Bertz CT molecular complexity index is 732. The molecule has 0 unspecified atom stereocenters.